The quantitative estimate of drug-likeness (QED) is 0.193. The molecule has 172 valence electrons. The van der Waals surface area contributed by atoms with Crippen molar-refractivity contribution in [3.05, 3.63) is 29.6 Å². The number of carbonyl (C=O) groups excluding carboxylic acids is 1. The van der Waals surface area contributed by atoms with Gasteiger partial charge < -0.3 is 14.4 Å². The molecule has 0 bridgehead atoms. The highest BCUT2D eigenvalue weighted by atomic mass is 35.5. The summed E-state index contributed by atoms with van der Waals surface area (Å²) in [6.07, 6.45) is 7.80. The van der Waals surface area contributed by atoms with Crippen molar-refractivity contribution in [1.82, 2.24) is 9.88 Å². The number of aromatic nitrogens is 1. The molecule has 1 fully saturated rings. The third kappa shape index (κ3) is 8.27. The summed E-state index contributed by atoms with van der Waals surface area (Å²) in [5.74, 6) is 5.30. The molecule has 0 aromatic carbocycles. The van der Waals surface area contributed by atoms with E-state index in [1.165, 1.54) is 43.9 Å². The highest BCUT2D eigenvalue weighted by Gasteiger charge is 2.43. The molecule has 1 amide bonds. The van der Waals surface area contributed by atoms with Gasteiger partial charge in [-0.2, -0.15) is 0 Å². The lowest BCUT2D eigenvalue weighted by Crippen LogP contribution is -2.54. The van der Waals surface area contributed by atoms with Crippen molar-refractivity contribution in [1.29, 1.82) is 0 Å². The summed E-state index contributed by atoms with van der Waals surface area (Å²) in [6.45, 7) is 7.55. The van der Waals surface area contributed by atoms with Crippen LogP contribution in [-0.4, -0.2) is 39.2 Å². The molecule has 1 aliphatic heterocycles. The van der Waals surface area contributed by atoms with Gasteiger partial charge in [0.05, 0.1) is 18.3 Å². The predicted octanol–water partition coefficient (Wildman–Crippen LogP) is 5.99. The molecule has 1 saturated heterocycles. The zero-order valence-corrected chi connectivity index (χ0v) is 20.5. The van der Waals surface area contributed by atoms with Gasteiger partial charge in [-0.1, -0.05) is 74.2 Å². The van der Waals surface area contributed by atoms with E-state index in [-0.39, 0.29) is 12.5 Å². The van der Waals surface area contributed by atoms with Gasteiger partial charge in [-0.25, -0.2) is 4.98 Å². The first-order valence-corrected chi connectivity index (χ1v) is 12.0. The minimum absolute atomic E-state index is 0.239. The summed E-state index contributed by atoms with van der Waals surface area (Å²) in [5, 5.41) is 0. The normalized spacial score (nSPS) is 20.2. The number of ether oxygens (including phenoxy) is 2. The van der Waals surface area contributed by atoms with Gasteiger partial charge in [-0.3, -0.25) is 4.79 Å². The van der Waals surface area contributed by atoms with Crippen LogP contribution >= 0.6 is 23.2 Å². The van der Waals surface area contributed by atoms with E-state index in [2.05, 4.69) is 18.8 Å². The number of hydrogen-bond donors (Lipinski definition) is 0. The highest BCUT2D eigenvalue weighted by molar-refractivity contribution is 6.44. The van der Waals surface area contributed by atoms with Gasteiger partial charge in [0.25, 0.3) is 0 Å². The van der Waals surface area contributed by atoms with Crippen molar-refractivity contribution in [3.8, 4) is 11.8 Å². The van der Waals surface area contributed by atoms with Crippen LogP contribution in [0, 0.1) is 11.8 Å². The van der Waals surface area contributed by atoms with Crippen molar-refractivity contribution >= 4 is 29.1 Å². The van der Waals surface area contributed by atoms with Crippen LogP contribution in [0.5, 0.6) is 0 Å². The summed E-state index contributed by atoms with van der Waals surface area (Å²) in [5.41, 5.74) is 1.35. The second kappa shape index (κ2) is 12.6. The number of carbonyl (C=O) groups is 1. The second-order valence-corrected chi connectivity index (χ2v) is 9.34. The maximum absolute atomic E-state index is 12.2. The molecule has 2 atom stereocenters. The SMILES string of the molecule is CCCCCCCCC#Cc1cccc(C2OC(C)(C)OCC2N(C(C)=O)C(Cl)Cl)n1. The number of rotatable bonds is 9. The van der Waals surface area contributed by atoms with Gasteiger partial charge in [-0.05, 0) is 38.3 Å². The first kappa shape index (κ1) is 25.9. The number of nitrogens with zero attached hydrogens (tertiary/aromatic N) is 2. The van der Waals surface area contributed by atoms with Crippen molar-refractivity contribution in [2.75, 3.05) is 6.61 Å². The number of halogens is 2. The molecule has 2 heterocycles. The monoisotopic (exact) mass is 468 g/mol. The molecule has 1 aliphatic rings. The Hall–Kier alpha value is -1.32. The summed E-state index contributed by atoms with van der Waals surface area (Å²) in [7, 11) is 0. The van der Waals surface area contributed by atoms with Gasteiger partial charge in [-0.15, -0.1) is 0 Å². The highest BCUT2D eigenvalue weighted by Crippen LogP contribution is 2.36. The van der Waals surface area contributed by atoms with Crippen LogP contribution in [0.4, 0.5) is 0 Å². The van der Waals surface area contributed by atoms with Gasteiger partial charge in [0.15, 0.2) is 10.7 Å². The number of unbranched alkanes of at least 4 members (excludes halogenated alkanes) is 6. The average Bonchev–Trinajstić information content (AvgIpc) is 2.70. The molecule has 0 saturated carbocycles. The van der Waals surface area contributed by atoms with E-state index < -0.39 is 22.9 Å². The third-order valence-electron chi connectivity index (χ3n) is 5.23. The molecule has 1 aromatic heterocycles. The topological polar surface area (TPSA) is 51.7 Å². The Morgan fingerprint density at radius 2 is 1.97 bits per heavy atom. The van der Waals surface area contributed by atoms with Gasteiger partial charge >= 0.3 is 0 Å². The summed E-state index contributed by atoms with van der Waals surface area (Å²) in [6, 6.07) is 5.15. The first-order chi connectivity index (χ1) is 14.7. The zero-order valence-electron chi connectivity index (χ0n) is 19.0. The first-order valence-electron chi connectivity index (χ1n) is 11.1. The van der Waals surface area contributed by atoms with Gasteiger partial charge in [0.2, 0.25) is 5.91 Å². The molecule has 2 unspecified atom stereocenters. The maximum atomic E-state index is 12.2. The number of pyridine rings is 1. The second-order valence-electron chi connectivity index (χ2n) is 8.29. The maximum Gasteiger partial charge on any atom is 0.221 e. The molecule has 7 heteroatoms. The van der Waals surface area contributed by atoms with Crippen LogP contribution < -0.4 is 0 Å². The number of hydrogen-bond acceptors (Lipinski definition) is 4. The molecular weight excluding hydrogens is 435 g/mol. The lowest BCUT2D eigenvalue weighted by molar-refractivity contribution is -0.295. The van der Waals surface area contributed by atoms with E-state index in [0.29, 0.717) is 11.4 Å². The van der Waals surface area contributed by atoms with Crippen molar-refractivity contribution in [2.24, 2.45) is 0 Å². The average molecular weight is 469 g/mol. The fourth-order valence-electron chi connectivity index (χ4n) is 3.62. The van der Waals surface area contributed by atoms with E-state index >= 15 is 0 Å². The zero-order chi connectivity index (χ0) is 22.9. The standard InChI is InChI=1S/C24H34Cl2N2O3/c1-5-6-7-8-9-10-11-12-14-19-15-13-16-20(27-19)22-21(17-30-24(3,4)31-22)28(18(2)29)23(25)26/h13,15-16,21-23H,5-11,17H2,1-4H3. The Morgan fingerprint density at radius 3 is 2.65 bits per heavy atom. The van der Waals surface area contributed by atoms with E-state index in [0.717, 1.165) is 12.8 Å². The predicted molar refractivity (Wildman–Crippen MR) is 125 cm³/mol. The Morgan fingerprint density at radius 1 is 1.26 bits per heavy atom. The summed E-state index contributed by atoms with van der Waals surface area (Å²) in [4.78, 5) is 17.2. The Kier molecular flexibility index (Phi) is 10.6. The minimum Gasteiger partial charge on any atom is -0.348 e. The molecule has 1 aromatic rings. The van der Waals surface area contributed by atoms with Crippen molar-refractivity contribution in [3.63, 3.8) is 0 Å². The molecule has 0 aliphatic carbocycles. The lowest BCUT2D eigenvalue weighted by atomic mass is 10.0. The Bertz CT molecular complexity index is 774. The minimum atomic E-state index is -1.02. The molecule has 5 nitrogen and oxygen atoms in total. The summed E-state index contributed by atoms with van der Waals surface area (Å²) < 4.78 is 11.9. The van der Waals surface area contributed by atoms with Crippen molar-refractivity contribution < 1.29 is 14.3 Å². The van der Waals surface area contributed by atoms with Crippen LogP contribution in [0.2, 0.25) is 0 Å². The van der Waals surface area contributed by atoms with E-state index in [1.54, 1.807) is 0 Å². The fourth-order valence-corrected chi connectivity index (χ4v) is 4.18. The molecule has 2 rings (SSSR count). The summed E-state index contributed by atoms with van der Waals surface area (Å²) >= 11 is 12.2. The Labute approximate surface area is 196 Å². The van der Waals surface area contributed by atoms with Crippen LogP contribution in [-0.2, 0) is 14.3 Å². The van der Waals surface area contributed by atoms with Crippen LogP contribution in [0.1, 0.15) is 90.1 Å². The van der Waals surface area contributed by atoms with Crippen LogP contribution in [0.25, 0.3) is 0 Å². The van der Waals surface area contributed by atoms with Crippen LogP contribution in [0.15, 0.2) is 18.2 Å². The van der Waals surface area contributed by atoms with Crippen molar-refractivity contribution in [2.45, 2.75) is 95.5 Å². The van der Waals surface area contributed by atoms with Gasteiger partial charge in [0.1, 0.15) is 11.8 Å². The molecule has 31 heavy (non-hydrogen) atoms. The smallest absolute Gasteiger partial charge is 0.221 e. The fraction of sp³-hybridized carbons (Fsp3) is 0.667. The van der Waals surface area contributed by atoms with E-state index in [4.69, 9.17) is 37.7 Å². The molecule has 0 N–H and O–H groups in total. The molecule has 0 radical (unpaired) electrons. The van der Waals surface area contributed by atoms with Crippen LogP contribution in [0.3, 0.4) is 0 Å². The lowest BCUT2D eigenvalue weighted by Gasteiger charge is -2.45. The van der Waals surface area contributed by atoms with E-state index in [9.17, 15) is 4.79 Å². The van der Waals surface area contributed by atoms with Gasteiger partial charge in [0, 0.05) is 13.3 Å². The Balaban J connectivity index is 2.12. The number of amides is 1. The third-order valence-corrected chi connectivity index (χ3v) is 5.65. The molecular formula is C24H34Cl2N2O3. The largest absolute Gasteiger partial charge is 0.348 e. The molecule has 0 spiro atoms. The number of alkyl halides is 2. The van der Waals surface area contributed by atoms with E-state index in [1.807, 2.05) is 32.0 Å².